The highest BCUT2D eigenvalue weighted by Crippen LogP contribution is 2.30. The molecule has 1 heterocycles. The van der Waals surface area contributed by atoms with Crippen LogP contribution in [0.4, 0.5) is 15.8 Å². The third kappa shape index (κ3) is 3.85. The van der Waals surface area contributed by atoms with Crippen LogP contribution in [0.3, 0.4) is 0 Å². The highest BCUT2D eigenvalue weighted by atomic mass is 32.2. The number of anilines is 2. The van der Waals surface area contributed by atoms with Crippen LogP contribution in [0, 0.1) is 5.82 Å². The number of hydrogen-bond donors (Lipinski definition) is 1. The topological polar surface area (TPSA) is 32.3 Å². The summed E-state index contributed by atoms with van der Waals surface area (Å²) in [7, 11) is 0. The zero-order valence-corrected chi connectivity index (χ0v) is 13.8. The van der Waals surface area contributed by atoms with Gasteiger partial charge in [0, 0.05) is 29.4 Å². The molecule has 120 valence electrons. The summed E-state index contributed by atoms with van der Waals surface area (Å²) >= 11 is 1.40. The average molecular weight is 330 g/mol. The fraction of sp³-hybridized carbons (Fsp3) is 0.278. The minimum Gasteiger partial charge on any atom is -0.371 e. The molecule has 0 aromatic heterocycles. The second kappa shape index (κ2) is 7.04. The molecule has 0 saturated carbocycles. The van der Waals surface area contributed by atoms with Crippen LogP contribution in [0.1, 0.15) is 12.5 Å². The van der Waals surface area contributed by atoms with Gasteiger partial charge < -0.3 is 10.2 Å². The number of rotatable bonds is 5. The Morgan fingerprint density at radius 1 is 1.26 bits per heavy atom. The van der Waals surface area contributed by atoms with Crippen LogP contribution in [0.2, 0.25) is 0 Å². The smallest absolute Gasteiger partial charge is 0.234 e. The third-order valence-electron chi connectivity index (χ3n) is 3.93. The number of nitrogens with zero attached hydrogens (tertiary/aromatic N) is 1. The van der Waals surface area contributed by atoms with Crippen molar-refractivity contribution in [3.63, 3.8) is 0 Å². The standard InChI is InChI=1S/C18H19FN2OS/c1-2-21-10-9-13-3-6-15(11-17(13)21)20-18(22)12-23-16-7-4-14(19)5-8-16/h3-8,11H,2,9-10,12H2,1H3,(H,20,22). The number of carbonyl (C=O) groups is 1. The molecule has 1 N–H and O–H groups in total. The lowest BCUT2D eigenvalue weighted by atomic mass is 10.1. The van der Waals surface area contributed by atoms with Crippen molar-refractivity contribution >= 4 is 29.0 Å². The Morgan fingerprint density at radius 3 is 2.78 bits per heavy atom. The third-order valence-corrected chi connectivity index (χ3v) is 4.94. The Bertz CT molecular complexity index is 703. The SMILES string of the molecule is CCN1CCc2ccc(NC(=O)CSc3ccc(F)cc3)cc21. The lowest BCUT2D eigenvalue weighted by molar-refractivity contribution is -0.113. The molecular formula is C18H19FN2OS. The van der Waals surface area contributed by atoms with E-state index in [1.165, 1.54) is 35.1 Å². The number of benzene rings is 2. The second-order valence-electron chi connectivity index (χ2n) is 5.46. The molecule has 3 rings (SSSR count). The maximum atomic E-state index is 12.9. The fourth-order valence-electron chi connectivity index (χ4n) is 2.73. The molecule has 1 aliphatic rings. The first-order valence-electron chi connectivity index (χ1n) is 7.72. The van der Waals surface area contributed by atoms with E-state index in [1.54, 1.807) is 12.1 Å². The van der Waals surface area contributed by atoms with Gasteiger partial charge in [0.05, 0.1) is 5.75 Å². The number of thioether (sulfide) groups is 1. The Hall–Kier alpha value is -2.01. The summed E-state index contributed by atoms with van der Waals surface area (Å²) in [5, 5.41) is 2.94. The molecule has 0 saturated heterocycles. The van der Waals surface area contributed by atoms with E-state index in [0.29, 0.717) is 5.75 Å². The summed E-state index contributed by atoms with van der Waals surface area (Å²) in [5.41, 5.74) is 3.39. The summed E-state index contributed by atoms with van der Waals surface area (Å²) in [6.07, 6.45) is 1.07. The predicted octanol–water partition coefficient (Wildman–Crippen LogP) is 3.94. The molecule has 0 bridgehead atoms. The first-order chi connectivity index (χ1) is 11.2. The van der Waals surface area contributed by atoms with Crippen molar-refractivity contribution in [2.45, 2.75) is 18.2 Å². The van der Waals surface area contributed by atoms with Gasteiger partial charge in [0.2, 0.25) is 5.91 Å². The molecule has 23 heavy (non-hydrogen) atoms. The van der Waals surface area contributed by atoms with E-state index in [9.17, 15) is 9.18 Å². The van der Waals surface area contributed by atoms with Gasteiger partial charge in [0.1, 0.15) is 5.82 Å². The summed E-state index contributed by atoms with van der Waals surface area (Å²) in [6.45, 7) is 4.16. The van der Waals surface area contributed by atoms with Gasteiger partial charge >= 0.3 is 0 Å². The average Bonchev–Trinajstić information content (AvgIpc) is 2.96. The van der Waals surface area contributed by atoms with Gasteiger partial charge in [-0.15, -0.1) is 11.8 Å². The van der Waals surface area contributed by atoms with Crippen LogP contribution < -0.4 is 10.2 Å². The number of amides is 1. The number of likely N-dealkylation sites (N-methyl/N-ethyl adjacent to an activating group) is 1. The molecule has 0 unspecified atom stereocenters. The molecule has 1 amide bonds. The second-order valence-corrected chi connectivity index (χ2v) is 6.51. The molecule has 0 radical (unpaired) electrons. The Balaban J connectivity index is 1.59. The highest BCUT2D eigenvalue weighted by molar-refractivity contribution is 8.00. The summed E-state index contributed by atoms with van der Waals surface area (Å²) in [4.78, 5) is 15.3. The van der Waals surface area contributed by atoms with Crippen molar-refractivity contribution in [2.75, 3.05) is 29.1 Å². The van der Waals surface area contributed by atoms with E-state index in [-0.39, 0.29) is 11.7 Å². The molecular weight excluding hydrogens is 311 g/mol. The predicted molar refractivity (Wildman–Crippen MR) is 93.8 cm³/mol. The molecule has 0 aliphatic carbocycles. The maximum absolute atomic E-state index is 12.9. The minimum atomic E-state index is -0.266. The van der Waals surface area contributed by atoms with Crippen molar-refractivity contribution < 1.29 is 9.18 Å². The molecule has 1 aliphatic heterocycles. The van der Waals surface area contributed by atoms with E-state index in [2.05, 4.69) is 23.2 Å². The number of halogens is 1. The van der Waals surface area contributed by atoms with Crippen LogP contribution in [0.25, 0.3) is 0 Å². The lowest BCUT2D eigenvalue weighted by Crippen LogP contribution is -2.19. The zero-order valence-electron chi connectivity index (χ0n) is 13.0. The van der Waals surface area contributed by atoms with Crippen molar-refractivity contribution in [2.24, 2.45) is 0 Å². The quantitative estimate of drug-likeness (QED) is 0.843. The van der Waals surface area contributed by atoms with Gasteiger partial charge in [0.15, 0.2) is 0 Å². The normalized spacial score (nSPS) is 13.0. The number of carbonyl (C=O) groups excluding carboxylic acids is 1. The van der Waals surface area contributed by atoms with Gasteiger partial charge in [-0.1, -0.05) is 6.07 Å². The van der Waals surface area contributed by atoms with Crippen molar-refractivity contribution in [1.82, 2.24) is 0 Å². The first kappa shape index (κ1) is 15.9. The molecule has 0 fully saturated rings. The number of fused-ring (bicyclic) bond motifs is 1. The van der Waals surface area contributed by atoms with Gasteiger partial charge in [-0.2, -0.15) is 0 Å². The Kier molecular flexibility index (Phi) is 4.86. The molecule has 2 aromatic rings. The monoisotopic (exact) mass is 330 g/mol. The molecule has 2 aromatic carbocycles. The van der Waals surface area contributed by atoms with Crippen LogP contribution in [-0.2, 0) is 11.2 Å². The van der Waals surface area contributed by atoms with Gasteiger partial charge in [-0.25, -0.2) is 4.39 Å². The van der Waals surface area contributed by atoms with Crippen molar-refractivity contribution in [1.29, 1.82) is 0 Å². The van der Waals surface area contributed by atoms with E-state index < -0.39 is 0 Å². The summed E-state index contributed by atoms with van der Waals surface area (Å²) in [5.74, 6) is -0.0158. The van der Waals surface area contributed by atoms with E-state index in [0.717, 1.165) is 30.1 Å². The van der Waals surface area contributed by atoms with Crippen molar-refractivity contribution in [3.05, 3.63) is 53.8 Å². The largest absolute Gasteiger partial charge is 0.371 e. The van der Waals surface area contributed by atoms with E-state index in [4.69, 9.17) is 0 Å². The Labute approximate surface area is 139 Å². The highest BCUT2D eigenvalue weighted by Gasteiger charge is 2.18. The maximum Gasteiger partial charge on any atom is 0.234 e. The fourth-order valence-corrected chi connectivity index (χ4v) is 3.43. The molecule has 0 atom stereocenters. The minimum absolute atomic E-state index is 0.0553. The van der Waals surface area contributed by atoms with Gasteiger partial charge in [0.25, 0.3) is 0 Å². The molecule has 0 spiro atoms. The number of nitrogens with one attached hydrogen (secondary N) is 1. The lowest BCUT2D eigenvalue weighted by Gasteiger charge is -2.17. The zero-order chi connectivity index (χ0) is 16.2. The van der Waals surface area contributed by atoms with E-state index in [1.807, 2.05) is 12.1 Å². The van der Waals surface area contributed by atoms with Gasteiger partial charge in [-0.3, -0.25) is 4.79 Å². The van der Waals surface area contributed by atoms with Crippen LogP contribution in [0.5, 0.6) is 0 Å². The first-order valence-corrected chi connectivity index (χ1v) is 8.70. The summed E-state index contributed by atoms with van der Waals surface area (Å²) < 4.78 is 12.9. The number of hydrogen-bond acceptors (Lipinski definition) is 3. The molecule has 5 heteroatoms. The van der Waals surface area contributed by atoms with Crippen molar-refractivity contribution in [3.8, 4) is 0 Å². The van der Waals surface area contributed by atoms with Gasteiger partial charge in [-0.05, 0) is 55.3 Å². The summed E-state index contributed by atoms with van der Waals surface area (Å²) in [6, 6.07) is 12.3. The Morgan fingerprint density at radius 2 is 2.04 bits per heavy atom. The van der Waals surface area contributed by atoms with Crippen LogP contribution >= 0.6 is 11.8 Å². The molecule has 3 nitrogen and oxygen atoms in total. The van der Waals surface area contributed by atoms with Crippen LogP contribution in [0.15, 0.2) is 47.4 Å². The van der Waals surface area contributed by atoms with E-state index >= 15 is 0 Å². The van der Waals surface area contributed by atoms with Crippen LogP contribution in [-0.4, -0.2) is 24.7 Å².